The van der Waals surface area contributed by atoms with Crippen LogP contribution in [0.4, 0.5) is 0 Å². The van der Waals surface area contributed by atoms with Crippen LogP contribution in [0.2, 0.25) is 0 Å². The lowest BCUT2D eigenvalue weighted by atomic mass is 10.2. The highest BCUT2D eigenvalue weighted by Gasteiger charge is 2.10. The first kappa shape index (κ1) is 26.4. The molecular formula is C20H34N2O3S. The van der Waals surface area contributed by atoms with Gasteiger partial charge in [0.25, 0.3) is 0 Å². The molecule has 0 aromatic carbocycles. The summed E-state index contributed by atoms with van der Waals surface area (Å²) >= 11 is 1.59. The highest BCUT2D eigenvalue weighted by atomic mass is 32.2. The average molecular weight is 383 g/mol. The predicted molar refractivity (Wildman–Crippen MR) is 113 cm³/mol. The third-order valence-electron chi connectivity index (χ3n) is 3.03. The zero-order valence-electron chi connectivity index (χ0n) is 17.0. The average Bonchev–Trinajstić information content (AvgIpc) is 2.59. The molecule has 1 N–H and O–H groups in total. The van der Waals surface area contributed by atoms with Crippen molar-refractivity contribution in [1.29, 1.82) is 0 Å². The lowest BCUT2D eigenvalue weighted by Crippen LogP contribution is -2.26. The van der Waals surface area contributed by atoms with Crippen LogP contribution in [0.5, 0.6) is 0 Å². The van der Waals surface area contributed by atoms with Crippen molar-refractivity contribution in [3.05, 3.63) is 48.1 Å². The third kappa shape index (κ3) is 14.5. The Morgan fingerprint density at radius 2 is 1.88 bits per heavy atom. The van der Waals surface area contributed by atoms with E-state index in [1.54, 1.807) is 42.0 Å². The normalized spacial score (nSPS) is 13.0. The maximum absolute atomic E-state index is 11.2. The second-order valence-electron chi connectivity index (χ2n) is 6.40. The van der Waals surface area contributed by atoms with Gasteiger partial charge in [0.15, 0.2) is 0 Å². The molecular weight excluding hydrogens is 348 g/mol. The molecule has 0 aliphatic rings. The summed E-state index contributed by atoms with van der Waals surface area (Å²) in [6.45, 7) is 17.7. The molecule has 0 radical (unpaired) electrons. The van der Waals surface area contributed by atoms with Gasteiger partial charge in [-0.25, -0.2) is 0 Å². The Morgan fingerprint density at radius 1 is 1.31 bits per heavy atom. The summed E-state index contributed by atoms with van der Waals surface area (Å²) in [6.07, 6.45) is 8.42. The summed E-state index contributed by atoms with van der Waals surface area (Å²) in [5.74, 6) is 0.733. The zero-order valence-corrected chi connectivity index (χ0v) is 17.8. The summed E-state index contributed by atoms with van der Waals surface area (Å²) in [5, 5.41) is 2.69. The minimum absolute atomic E-state index is 0.0417. The van der Waals surface area contributed by atoms with E-state index in [-0.39, 0.29) is 11.6 Å². The van der Waals surface area contributed by atoms with E-state index in [0.717, 1.165) is 22.8 Å². The second-order valence-corrected chi connectivity index (χ2v) is 7.63. The number of carbonyl (C=O) groups excluding carboxylic acids is 2. The first-order chi connectivity index (χ1) is 12.2. The van der Waals surface area contributed by atoms with Crippen LogP contribution in [0.1, 0.15) is 34.6 Å². The number of thioether (sulfide) groups is 1. The quantitative estimate of drug-likeness (QED) is 0.334. The monoisotopic (exact) mass is 382 g/mol. The Labute approximate surface area is 163 Å². The number of rotatable bonds is 11. The van der Waals surface area contributed by atoms with Gasteiger partial charge in [-0.1, -0.05) is 24.8 Å². The fraction of sp³-hybridized carbons (Fsp3) is 0.500. The molecule has 0 aliphatic heterocycles. The molecule has 0 heterocycles. The van der Waals surface area contributed by atoms with E-state index in [2.05, 4.69) is 18.5 Å². The Balaban J connectivity index is 0. The van der Waals surface area contributed by atoms with E-state index in [4.69, 9.17) is 4.74 Å². The van der Waals surface area contributed by atoms with Crippen molar-refractivity contribution in [2.24, 2.45) is 0 Å². The van der Waals surface area contributed by atoms with Crippen LogP contribution in [0, 0.1) is 0 Å². The molecule has 5 nitrogen and oxygen atoms in total. The van der Waals surface area contributed by atoms with E-state index in [1.165, 1.54) is 0 Å². The van der Waals surface area contributed by atoms with Crippen LogP contribution < -0.4 is 5.32 Å². The molecule has 1 atom stereocenters. The number of amides is 2. The largest absolute Gasteiger partial charge is 0.379 e. The van der Waals surface area contributed by atoms with E-state index in [0.29, 0.717) is 13.0 Å². The summed E-state index contributed by atoms with van der Waals surface area (Å²) in [5.41, 5.74) is 0.850. The van der Waals surface area contributed by atoms with Crippen molar-refractivity contribution >= 4 is 24.6 Å². The molecule has 0 saturated carbocycles. The molecule has 0 aromatic heterocycles. The van der Waals surface area contributed by atoms with Gasteiger partial charge in [0, 0.05) is 30.4 Å². The highest BCUT2D eigenvalue weighted by Crippen LogP contribution is 2.23. The predicted octanol–water partition coefficient (Wildman–Crippen LogP) is 3.90. The van der Waals surface area contributed by atoms with Gasteiger partial charge in [-0.2, -0.15) is 0 Å². The molecule has 26 heavy (non-hydrogen) atoms. The van der Waals surface area contributed by atoms with Gasteiger partial charge < -0.3 is 15.0 Å². The van der Waals surface area contributed by atoms with Gasteiger partial charge in [0.2, 0.25) is 12.8 Å². The van der Waals surface area contributed by atoms with Crippen LogP contribution in [0.3, 0.4) is 0 Å². The standard InChI is InChI=1S/C15H22N2O2S.C5H12O/c1-5-7-8-15(17(12-19)9-6-2)14(4)20-10-13(3)16-11-18;1-5(2,3)6-4/h5-8,11-13H,1-2,9-10H2,3-4H3,(H,16,18);1-4H3/b8-7-,15-14-;. The molecule has 0 rings (SSSR count). The van der Waals surface area contributed by atoms with Crippen molar-refractivity contribution < 1.29 is 14.3 Å². The number of nitrogens with zero attached hydrogens (tertiary/aromatic N) is 1. The molecule has 0 aliphatic carbocycles. The van der Waals surface area contributed by atoms with Crippen molar-refractivity contribution in [3.8, 4) is 0 Å². The van der Waals surface area contributed by atoms with E-state index < -0.39 is 0 Å². The maximum Gasteiger partial charge on any atom is 0.214 e. The van der Waals surface area contributed by atoms with Gasteiger partial charge in [0.05, 0.1) is 11.3 Å². The van der Waals surface area contributed by atoms with Crippen LogP contribution in [0.25, 0.3) is 0 Å². The molecule has 0 aromatic rings. The molecule has 2 amide bonds. The summed E-state index contributed by atoms with van der Waals surface area (Å²) in [7, 11) is 1.71. The third-order valence-corrected chi connectivity index (χ3v) is 4.34. The Bertz CT molecular complexity index is 494. The van der Waals surface area contributed by atoms with E-state index in [1.807, 2.05) is 40.7 Å². The van der Waals surface area contributed by atoms with Gasteiger partial charge >= 0.3 is 0 Å². The van der Waals surface area contributed by atoms with Gasteiger partial charge in [-0.3, -0.25) is 9.59 Å². The fourth-order valence-corrected chi connectivity index (χ4v) is 2.33. The summed E-state index contributed by atoms with van der Waals surface area (Å²) < 4.78 is 4.94. The fourth-order valence-electron chi connectivity index (χ4n) is 1.40. The number of ether oxygens (including phenoxy) is 1. The minimum atomic E-state index is 0.0417. The lowest BCUT2D eigenvalue weighted by molar-refractivity contribution is -0.116. The Kier molecular flexibility index (Phi) is 15.7. The first-order valence-electron chi connectivity index (χ1n) is 8.37. The van der Waals surface area contributed by atoms with Crippen LogP contribution in [-0.4, -0.2) is 48.8 Å². The topological polar surface area (TPSA) is 58.6 Å². The minimum Gasteiger partial charge on any atom is -0.379 e. The second kappa shape index (κ2) is 15.5. The molecule has 6 heteroatoms. The first-order valence-corrected chi connectivity index (χ1v) is 9.35. The highest BCUT2D eigenvalue weighted by molar-refractivity contribution is 8.03. The van der Waals surface area contributed by atoms with Crippen molar-refractivity contribution in [2.75, 3.05) is 19.4 Å². The molecule has 0 bridgehead atoms. The summed E-state index contributed by atoms with van der Waals surface area (Å²) in [6, 6.07) is 0.0705. The smallest absolute Gasteiger partial charge is 0.214 e. The molecule has 148 valence electrons. The Morgan fingerprint density at radius 3 is 2.27 bits per heavy atom. The van der Waals surface area contributed by atoms with Crippen LogP contribution >= 0.6 is 11.8 Å². The van der Waals surface area contributed by atoms with Crippen molar-refractivity contribution in [3.63, 3.8) is 0 Å². The number of carbonyl (C=O) groups is 2. The Hall–Kier alpha value is -1.79. The molecule has 1 unspecified atom stereocenters. The molecule has 0 fully saturated rings. The van der Waals surface area contributed by atoms with Gasteiger partial charge in [-0.15, -0.1) is 18.3 Å². The number of hydrogen-bond donors (Lipinski definition) is 1. The van der Waals surface area contributed by atoms with Crippen molar-refractivity contribution in [1.82, 2.24) is 10.2 Å². The number of allylic oxidation sites excluding steroid dienone is 4. The molecule has 0 spiro atoms. The van der Waals surface area contributed by atoms with Crippen LogP contribution in [-0.2, 0) is 14.3 Å². The maximum atomic E-state index is 11.2. The SMILES string of the molecule is C=C/C=C\C(=C(/C)SCC(C)NC=O)N(C=O)CC=C.COC(C)(C)C. The zero-order chi connectivity index (χ0) is 20.6. The van der Waals surface area contributed by atoms with Crippen molar-refractivity contribution in [2.45, 2.75) is 46.3 Å². The van der Waals surface area contributed by atoms with E-state index in [9.17, 15) is 9.59 Å². The number of nitrogens with one attached hydrogen (secondary N) is 1. The number of hydrogen-bond acceptors (Lipinski definition) is 4. The number of methoxy groups -OCH3 is 1. The molecule has 0 saturated heterocycles. The summed E-state index contributed by atoms with van der Waals surface area (Å²) in [4.78, 5) is 24.1. The van der Waals surface area contributed by atoms with Gasteiger partial charge in [0.1, 0.15) is 0 Å². The van der Waals surface area contributed by atoms with Crippen LogP contribution in [0.15, 0.2) is 48.1 Å². The lowest BCUT2D eigenvalue weighted by Gasteiger charge is -2.20. The van der Waals surface area contributed by atoms with E-state index >= 15 is 0 Å². The van der Waals surface area contributed by atoms with Gasteiger partial charge in [-0.05, 0) is 40.7 Å².